The third-order valence-electron chi connectivity index (χ3n) is 3.92. The summed E-state index contributed by atoms with van der Waals surface area (Å²) < 4.78 is 1.88. The monoisotopic (exact) mass is 222 g/mol. The summed E-state index contributed by atoms with van der Waals surface area (Å²) in [5.41, 5.74) is 0. The molecule has 0 aromatic carbocycles. The van der Waals surface area contributed by atoms with Crippen molar-refractivity contribution in [3.05, 3.63) is 12.7 Å². The van der Waals surface area contributed by atoms with Crippen molar-refractivity contribution in [2.75, 3.05) is 6.54 Å². The summed E-state index contributed by atoms with van der Waals surface area (Å²) >= 11 is 0. The number of rotatable bonds is 4. The fraction of sp³-hybridized carbons (Fsp3) is 0.833. The quantitative estimate of drug-likeness (QED) is 0.843. The maximum atomic E-state index is 4.10. The number of aromatic nitrogens is 3. The van der Waals surface area contributed by atoms with Gasteiger partial charge in [0.05, 0.1) is 6.54 Å². The highest BCUT2D eigenvalue weighted by Crippen LogP contribution is 2.29. The van der Waals surface area contributed by atoms with Gasteiger partial charge in [0.2, 0.25) is 0 Å². The molecule has 0 radical (unpaired) electrons. The van der Waals surface area contributed by atoms with Crippen LogP contribution in [0.4, 0.5) is 0 Å². The highest BCUT2D eigenvalue weighted by molar-refractivity contribution is 4.82. The summed E-state index contributed by atoms with van der Waals surface area (Å²) in [5.74, 6) is 1.65. The van der Waals surface area contributed by atoms with Crippen LogP contribution in [0.25, 0.3) is 0 Å². The molecular weight excluding hydrogens is 200 g/mol. The van der Waals surface area contributed by atoms with Gasteiger partial charge in [-0.3, -0.25) is 4.68 Å². The molecule has 0 bridgehead atoms. The van der Waals surface area contributed by atoms with Gasteiger partial charge in [0, 0.05) is 12.6 Å². The van der Waals surface area contributed by atoms with Crippen LogP contribution in [0.15, 0.2) is 12.7 Å². The van der Waals surface area contributed by atoms with Gasteiger partial charge >= 0.3 is 0 Å². The highest BCUT2D eigenvalue weighted by Gasteiger charge is 2.26. The maximum absolute atomic E-state index is 4.10. The molecule has 3 unspecified atom stereocenters. The second-order valence-electron chi connectivity index (χ2n) is 4.99. The minimum atomic E-state index is 0.687. The summed E-state index contributed by atoms with van der Waals surface area (Å²) in [6, 6.07) is 0.687. The van der Waals surface area contributed by atoms with E-state index in [9.17, 15) is 0 Å². The molecule has 4 nitrogen and oxygen atoms in total. The van der Waals surface area contributed by atoms with Crippen LogP contribution < -0.4 is 5.32 Å². The molecule has 16 heavy (non-hydrogen) atoms. The Kier molecular flexibility index (Phi) is 3.93. The first-order valence-corrected chi connectivity index (χ1v) is 6.33. The molecule has 3 atom stereocenters. The lowest BCUT2D eigenvalue weighted by molar-refractivity contribution is 0.205. The third-order valence-corrected chi connectivity index (χ3v) is 3.92. The maximum Gasteiger partial charge on any atom is 0.137 e. The van der Waals surface area contributed by atoms with Crippen LogP contribution in [0, 0.1) is 11.8 Å². The predicted octanol–water partition coefficient (Wildman–Crippen LogP) is 1.69. The van der Waals surface area contributed by atoms with Gasteiger partial charge in [-0.1, -0.05) is 26.7 Å². The molecule has 1 heterocycles. The standard InChI is InChI=1S/C12H22N4/c1-10-4-3-5-12(11(10)2)14-6-7-16-9-13-8-15-16/h8-12,14H,3-7H2,1-2H3. The lowest BCUT2D eigenvalue weighted by Crippen LogP contribution is -2.41. The number of nitrogens with one attached hydrogen (secondary N) is 1. The SMILES string of the molecule is CC1CCCC(NCCn2cncn2)C1C. The van der Waals surface area contributed by atoms with E-state index >= 15 is 0 Å². The number of hydrogen-bond donors (Lipinski definition) is 1. The summed E-state index contributed by atoms with van der Waals surface area (Å²) in [6.07, 6.45) is 7.44. The summed E-state index contributed by atoms with van der Waals surface area (Å²) in [6.45, 7) is 6.65. The van der Waals surface area contributed by atoms with E-state index in [-0.39, 0.29) is 0 Å². The Morgan fingerprint density at radius 3 is 3.00 bits per heavy atom. The number of nitrogens with zero attached hydrogens (tertiary/aromatic N) is 3. The molecule has 90 valence electrons. The fourth-order valence-corrected chi connectivity index (χ4v) is 2.58. The van der Waals surface area contributed by atoms with Crippen LogP contribution >= 0.6 is 0 Å². The van der Waals surface area contributed by atoms with Gasteiger partial charge < -0.3 is 5.32 Å². The molecule has 0 amide bonds. The summed E-state index contributed by atoms with van der Waals surface area (Å²) in [4.78, 5) is 3.94. The highest BCUT2D eigenvalue weighted by atomic mass is 15.3. The van der Waals surface area contributed by atoms with Crippen LogP contribution in [0.1, 0.15) is 33.1 Å². The van der Waals surface area contributed by atoms with Gasteiger partial charge in [-0.2, -0.15) is 5.10 Å². The van der Waals surface area contributed by atoms with Gasteiger partial charge in [0.15, 0.2) is 0 Å². The topological polar surface area (TPSA) is 42.7 Å². The molecule has 1 aliphatic rings. The number of hydrogen-bond acceptors (Lipinski definition) is 3. The molecule has 0 saturated heterocycles. The van der Waals surface area contributed by atoms with Crippen molar-refractivity contribution in [1.29, 1.82) is 0 Å². The smallest absolute Gasteiger partial charge is 0.137 e. The van der Waals surface area contributed by atoms with E-state index in [1.807, 2.05) is 4.68 Å². The molecule has 0 spiro atoms. The van der Waals surface area contributed by atoms with Crippen molar-refractivity contribution in [1.82, 2.24) is 20.1 Å². The first kappa shape index (κ1) is 11.6. The van der Waals surface area contributed by atoms with E-state index in [0.29, 0.717) is 6.04 Å². The average Bonchev–Trinajstić information content (AvgIpc) is 2.77. The van der Waals surface area contributed by atoms with Crippen molar-refractivity contribution in [2.24, 2.45) is 11.8 Å². The molecule has 2 rings (SSSR count). The Hall–Kier alpha value is -0.900. The van der Waals surface area contributed by atoms with Gasteiger partial charge in [-0.05, 0) is 18.3 Å². The van der Waals surface area contributed by atoms with E-state index in [2.05, 4.69) is 29.2 Å². The molecule has 1 aromatic rings. The van der Waals surface area contributed by atoms with E-state index in [4.69, 9.17) is 0 Å². The minimum absolute atomic E-state index is 0.687. The zero-order valence-corrected chi connectivity index (χ0v) is 10.3. The van der Waals surface area contributed by atoms with Gasteiger partial charge in [0.25, 0.3) is 0 Å². The minimum Gasteiger partial charge on any atom is -0.312 e. The molecule has 0 aliphatic heterocycles. The molecular formula is C12H22N4. The largest absolute Gasteiger partial charge is 0.312 e. The molecule has 1 saturated carbocycles. The van der Waals surface area contributed by atoms with Crippen molar-refractivity contribution in [3.8, 4) is 0 Å². The fourth-order valence-electron chi connectivity index (χ4n) is 2.58. The zero-order valence-electron chi connectivity index (χ0n) is 10.3. The third kappa shape index (κ3) is 2.82. The first-order chi connectivity index (χ1) is 7.77. The van der Waals surface area contributed by atoms with Crippen LogP contribution in [0.5, 0.6) is 0 Å². The van der Waals surface area contributed by atoms with Crippen molar-refractivity contribution in [3.63, 3.8) is 0 Å². The Balaban J connectivity index is 1.73. The van der Waals surface area contributed by atoms with E-state index in [0.717, 1.165) is 24.9 Å². The van der Waals surface area contributed by atoms with Gasteiger partial charge in [0.1, 0.15) is 12.7 Å². The van der Waals surface area contributed by atoms with Crippen molar-refractivity contribution >= 4 is 0 Å². The predicted molar refractivity (Wildman–Crippen MR) is 64.0 cm³/mol. The Labute approximate surface area is 97.5 Å². The van der Waals surface area contributed by atoms with Gasteiger partial charge in [-0.15, -0.1) is 0 Å². The molecule has 1 N–H and O–H groups in total. The lowest BCUT2D eigenvalue weighted by atomic mass is 9.78. The van der Waals surface area contributed by atoms with Crippen LogP contribution in [0.3, 0.4) is 0 Å². The van der Waals surface area contributed by atoms with Crippen LogP contribution in [-0.2, 0) is 6.54 Å². The lowest BCUT2D eigenvalue weighted by Gasteiger charge is -2.34. The molecule has 1 aromatic heterocycles. The van der Waals surface area contributed by atoms with Crippen molar-refractivity contribution in [2.45, 2.75) is 45.7 Å². The molecule has 1 aliphatic carbocycles. The first-order valence-electron chi connectivity index (χ1n) is 6.33. The molecule has 4 heteroatoms. The van der Waals surface area contributed by atoms with E-state index in [1.165, 1.54) is 19.3 Å². The van der Waals surface area contributed by atoms with Crippen LogP contribution in [-0.4, -0.2) is 27.4 Å². The Morgan fingerprint density at radius 2 is 2.25 bits per heavy atom. The summed E-state index contributed by atoms with van der Waals surface area (Å²) in [5, 5.41) is 7.75. The van der Waals surface area contributed by atoms with Crippen molar-refractivity contribution < 1.29 is 0 Å². The van der Waals surface area contributed by atoms with E-state index < -0.39 is 0 Å². The summed E-state index contributed by atoms with van der Waals surface area (Å²) in [7, 11) is 0. The van der Waals surface area contributed by atoms with Crippen LogP contribution in [0.2, 0.25) is 0 Å². The second-order valence-corrected chi connectivity index (χ2v) is 4.99. The average molecular weight is 222 g/mol. The van der Waals surface area contributed by atoms with Gasteiger partial charge in [-0.25, -0.2) is 4.98 Å². The Bertz CT molecular complexity index is 296. The zero-order chi connectivity index (χ0) is 11.4. The normalized spacial score (nSPS) is 30.5. The second kappa shape index (κ2) is 5.43. The molecule has 1 fully saturated rings. The Morgan fingerprint density at radius 1 is 1.38 bits per heavy atom. The van der Waals surface area contributed by atoms with E-state index in [1.54, 1.807) is 12.7 Å².